The lowest BCUT2D eigenvalue weighted by molar-refractivity contribution is 0.173. The van der Waals surface area contributed by atoms with Crippen molar-refractivity contribution in [1.29, 1.82) is 0 Å². The molecule has 1 fully saturated rings. The van der Waals surface area contributed by atoms with E-state index in [0.717, 1.165) is 37.5 Å². The van der Waals surface area contributed by atoms with Crippen LogP contribution < -0.4 is 5.73 Å². The van der Waals surface area contributed by atoms with Gasteiger partial charge in [-0.3, -0.25) is 9.58 Å². The standard InChI is InChI=1S/C15H19ClN4/c16-14-4-2-1-3-12(14)11-19-8-5-13(6-9-19)20-10-7-15(17)18-20/h1-4,7,10,13H,5-6,8-9,11H2,(H2,17,18). The number of benzene rings is 1. The first kappa shape index (κ1) is 13.5. The highest BCUT2D eigenvalue weighted by atomic mass is 35.5. The number of halogens is 1. The van der Waals surface area contributed by atoms with Crippen molar-refractivity contribution in [1.82, 2.24) is 14.7 Å². The minimum absolute atomic E-state index is 0.467. The highest BCUT2D eigenvalue weighted by Crippen LogP contribution is 2.25. The van der Waals surface area contributed by atoms with E-state index in [0.29, 0.717) is 11.9 Å². The average molecular weight is 291 g/mol. The number of anilines is 1. The molecule has 1 aliphatic rings. The fourth-order valence-corrected chi connectivity index (χ4v) is 2.96. The molecular weight excluding hydrogens is 272 g/mol. The van der Waals surface area contributed by atoms with Gasteiger partial charge in [-0.05, 0) is 30.5 Å². The normalized spacial score (nSPS) is 17.4. The summed E-state index contributed by atoms with van der Waals surface area (Å²) >= 11 is 6.22. The van der Waals surface area contributed by atoms with Crippen molar-refractivity contribution < 1.29 is 0 Å². The number of piperidine rings is 1. The van der Waals surface area contributed by atoms with Crippen LogP contribution in [0.15, 0.2) is 36.5 Å². The third kappa shape index (κ3) is 2.97. The van der Waals surface area contributed by atoms with E-state index in [1.54, 1.807) is 0 Å². The quantitative estimate of drug-likeness (QED) is 0.945. The molecule has 0 aliphatic carbocycles. The molecule has 0 bridgehead atoms. The molecule has 5 heteroatoms. The summed E-state index contributed by atoms with van der Waals surface area (Å²) in [6, 6.07) is 10.4. The van der Waals surface area contributed by atoms with Crippen LogP contribution >= 0.6 is 11.6 Å². The molecule has 1 aromatic heterocycles. The number of rotatable bonds is 3. The number of nitrogen functional groups attached to an aromatic ring is 1. The first-order valence-electron chi connectivity index (χ1n) is 6.99. The molecule has 0 radical (unpaired) electrons. The van der Waals surface area contributed by atoms with Crippen LogP contribution in [0.25, 0.3) is 0 Å². The fourth-order valence-electron chi connectivity index (χ4n) is 2.77. The summed E-state index contributed by atoms with van der Waals surface area (Å²) in [5.74, 6) is 0.600. The summed E-state index contributed by atoms with van der Waals surface area (Å²) in [6.07, 6.45) is 4.18. The molecule has 0 saturated carbocycles. The van der Waals surface area contributed by atoms with Crippen LogP contribution in [0.3, 0.4) is 0 Å². The molecule has 0 spiro atoms. The van der Waals surface area contributed by atoms with E-state index in [9.17, 15) is 0 Å². The van der Waals surface area contributed by atoms with Crippen molar-refractivity contribution >= 4 is 17.4 Å². The Morgan fingerprint density at radius 3 is 2.60 bits per heavy atom. The van der Waals surface area contributed by atoms with Gasteiger partial charge in [-0.2, -0.15) is 5.10 Å². The maximum Gasteiger partial charge on any atom is 0.145 e. The lowest BCUT2D eigenvalue weighted by Gasteiger charge is -2.32. The van der Waals surface area contributed by atoms with Crippen molar-refractivity contribution in [2.45, 2.75) is 25.4 Å². The van der Waals surface area contributed by atoms with Gasteiger partial charge in [-0.15, -0.1) is 0 Å². The van der Waals surface area contributed by atoms with Gasteiger partial charge in [-0.1, -0.05) is 29.8 Å². The summed E-state index contributed by atoms with van der Waals surface area (Å²) < 4.78 is 2.00. The zero-order valence-electron chi connectivity index (χ0n) is 11.4. The summed E-state index contributed by atoms with van der Waals surface area (Å²) in [4.78, 5) is 2.45. The van der Waals surface area contributed by atoms with Gasteiger partial charge >= 0.3 is 0 Å². The van der Waals surface area contributed by atoms with Crippen LogP contribution in [0.5, 0.6) is 0 Å². The van der Waals surface area contributed by atoms with E-state index in [4.69, 9.17) is 17.3 Å². The van der Waals surface area contributed by atoms with Crippen LogP contribution in [0.2, 0.25) is 5.02 Å². The number of aromatic nitrogens is 2. The average Bonchev–Trinajstić information content (AvgIpc) is 2.89. The van der Waals surface area contributed by atoms with Crippen molar-refractivity contribution in [3.63, 3.8) is 0 Å². The number of likely N-dealkylation sites (tertiary alicyclic amines) is 1. The van der Waals surface area contributed by atoms with E-state index in [1.807, 2.05) is 35.1 Å². The van der Waals surface area contributed by atoms with Crippen LogP contribution in [0.1, 0.15) is 24.4 Å². The molecule has 2 aromatic rings. The molecule has 1 aromatic carbocycles. The Labute approximate surface area is 124 Å². The summed E-state index contributed by atoms with van der Waals surface area (Å²) in [7, 11) is 0. The summed E-state index contributed by atoms with van der Waals surface area (Å²) in [6.45, 7) is 3.05. The van der Waals surface area contributed by atoms with E-state index >= 15 is 0 Å². The minimum atomic E-state index is 0.467. The summed E-state index contributed by atoms with van der Waals surface area (Å²) in [5.41, 5.74) is 6.88. The van der Waals surface area contributed by atoms with Crippen molar-refractivity contribution in [2.24, 2.45) is 0 Å². The van der Waals surface area contributed by atoms with Crippen LogP contribution in [-0.2, 0) is 6.54 Å². The molecule has 0 amide bonds. The van der Waals surface area contributed by atoms with Gasteiger partial charge in [0, 0.05) is 30.9 Å². The maximum absolute atomic E-state index is 6.22. The predicted molar refractivity (Wildman–Crippen MR) is 81.6 cm³/mol. The topological polar surface area (TPSA) is 47.1 Å². The smallest absolute Gasteiger partial charge is 0.145 e. The van der Waals surface area contributed by atoms with Crippen LogP contribution in [-0.4, -0.2) is 27.8 Å². The maximum atomic E-state index is 6.22. The van der Waals surface area contributed by atoms with Gasteiger partial charge < -0.3 is 5.73 Å². The Morgan fingerprint density at radius 1 is 1.20 bits per heavy atom. The molecule has 3 rings (SSSR count). The SMILES string of the molecule is Nc1ccn(C2CCN(Cc3ccccc3Cl)CC2)n1. The molecule has 0 unspecified atom stereocenters. The summed E-state index contributed by atoms with van der Waals surface area (Å²) in [5, 5.41) is 5.17. The van der Waals surface area contributed by atoms with Gasteiger partial charge in [0.2, 0.25) is 0 Å². The van der Waals surface area contributed by atoms with Gasteiger partial charge in [0.15, 0.2) is 0 Å². The zero-order valence-corrected chi connectivity index (χ0v) is 12.1. The van der Waals surface area contributed by atoms with Gasteiger partial charge in [0.1, 0.15) is 5.82 Å². The second-order valence-electron chi connectivity index (χ2n) is 5.32. The Morgan fingerprint density at radius 2 is 1.95 bits per heavy atom. The third-order valence-corrected chi connectivity index (χ3v) is 4.28. The lowest BCUT2D eigenvalue weighted by atomic mass is 10.0. The van der Waals surface area contributed by atoms with Crippen LogP contribution in [0, 0.1) is 0 Å². The lowest BCUT2D eigenvalue weighted by Crippen LogP contribution is -2.34. The number of hydrogen-bond acceptors (Lipinski definition) is 3. The molecule has 1 saturated heterocycles. The number of nitrogens with zero attached hydrogens (tertiary/aromatic N) is 3. The van der Waals surface area contributed by atoms with Crippen molar-refractivity contribution in [3.8, 4) is 0 Å². The molecular formula is C15H19ClN4. The molecule has 2 heterocycles. The highest BCUT2D eigenvalue weighted by molar-refractivity contribution is 6.31. The first-order valence-corrected chi connectivity index (χ1v) is 7.36. The minimum Gasteiger partial charge on any atom is -0.382 e. The number of nitrogens with two attached hydrogens (primary N) is 1. The monoisotopic (exact) mass is 290 g/mol. The van der Waals surface area contributed by atoms with Crippen molar-refractivity contribution in [3.05, 3.63) is 47.1 Å². The molecule has 4 nitrogen and oxygen atoms in total. The second kappa shape index (κ2) is 5.85. The molecule has 1 aliphatic heterocycles. The molecule has 106 valence electrons. The molecule has 20 heavy (non-hydrogen) atoms. The largest absolute Gasteiger partial charge is 0.382 e. The Hall–Kier alpha value is -1.52. The van der Waals surface area contributed by atoms with Crippen molar-refractivity contribution in [2.75, 3.05) is 18.8 Å². The Bertz CT molecular complexity index is 573. The Kier molecular flexibility index (Phi) is 3.94. The predicted octanol–water partition coefficient (Wildman–Crippen LogP) is 2.96. The number of hydrogen-bond donors (Lipinski definition) is 1. The zero-order chi connectivity index (χ0) is 13.9. The van der Waals surface area contributed by atoms with Gasteiger partial charge in [-0.25, -0.2) is 0 Å². The van der Waals surface area contributed by atoms with E-state index in [-0.39, 0.29) is 0 Å². The second-order valence-corrected chi connectivity index (χ2v) is 5.73. The van der Waals surface area contributed by atoms with Gasteiger partial charge in [0.25, 0.3) is 0 Å². The fraction of sp³-hybridized carbons (Fsp3) is 0.400. The third-order valence-electron chi connectivity index (χ3n) is 3.91. The van der Waals surface area contributed by atoms with E-state index in [1.165, 1.54) is 5.56 Å². The molecule has 0 atom stereocenters. The van der Waals surface area contributed by atoms with E-state index in [2.05, 4.69) is 16.1 Å². The highest BCUT2D eigenvalue weighted by Gasteiger charge is 2.21. The Balaban J connectivity index is 1.58. The van der Waals surface area contributed by atoms with E-state index < -0.39 is 0 Å². The van der Waals surface area contributed by atoms with Gasteiger partial charge in [0.05, 0.1) is 6.04 Å². The molecule has 2 N–H and O–H groups in total. The van der Waals surface area contributed by atoms with Crippen LogP contribution in [0.4, 0.5) is 5.82 Å². The first-order chi connectivity index (χ1) is 9.72.